The predicted molar refractivity (Wildman–Crippen MR) is 90.4 cm³/mol. The molecule has 5 nitrogen and oxygen atoms in total. The van der Waals surface area contributed by atoms with Gasteiger partial charge in [0.2, 0.25) is 5.91 Å². The Morgan fingerprint density at radius 2 is 2.00 bits per heavy atom. The van der Waals surface area contributed by atoms with Gasteiger partial charge >= 0.3 is 0 Å². The Hall–Kier alpha value is -2.47. The lowest BCUT2D eigenvalue weighted by Gasteiger charge is -2.13. The molecule has 1 saturated heterocycles. The van der Waals surface area contributed by atoms with E-state index >= 15 is 0 Å². The van der Waals surface area contributed by atoms with Crippen molar-refractivity contribution in [2.24, 2.45) is 0 Å². The molecule has 24 heavy (non-hydrogen) atoms. The zero-order valence-corrected chi connectivity index (χ0v) is 13.5. The van der Waals surface area contributed by atoms with Crippen LogP contribution in [0, 0.1) is 0 Å². The van der Waals surface area contributed by atoms with Crippen LogP contribution in [0.25, 0.3) is 0 Å². The van der Waals surface area contributed by atoms with Gasteiger partial charge in [0.25, 0.3) is 5.24 Å². The van der Waals surface area contributed by atoms with Crippen molar-refractivity contribution in [3.8, 4) is 11.5 Å². The molecule has 2 aliphatic heterocycles. The Bertz CT molecular complexity index is 793. The molecular formula is C18H15NO4S. The van der Waals surface area contributed by atoms with Crippen molar-refractivity contribution in [3.05, 3.63) is 59.7 Å². The van der Waals surface area contributed by atoms with Crippen molar-refractivity contribution in [1.29, 1.82) is 0 Å². The summed E-state index contributed by atoms with van der Waals surface area (Å²) < 4.78 is 11.5. The van der Waals surface area contributed by atoms with Gasteiger partial charge in [0.1, 0.15) is 23.4 Å². The first-order valence-corrected chi connectivity index (χ1v) is 8.53. The van der Waals surface area contributed by atoms with E-state index in [-0.39, 0.29) is 17.1 Å². The fraction of sp³-hybridized carbons (Fsp3) is 0.222. The number of hydrogen-bond acceptors (Lipinski definition) is 5. The van der Waals surface area contributed by atoms with Crippen LogP contribution in [0.15, 0.2) is 48.5 Å². The number of fused-ring (bicyclic) bond motifs is 1. The molecule has 0 aromatic heterocycles. The van der Waals surface area contributed by atoms with Crippen LogP contribution in [0.1, 0.15) is 17.0 Å². The van der Waals surface area contributed by atoms with Crippen LogP contribution >= 0.6 is 11.8 Å². The van der Waals surface area contributed by atoms with Crippen LogP contribution in [-0.2, 0) is 11.4 Å². The van der Waals surface area contributed by atoms with Gasteiger partial charge in [0.05, 0.1) is 6.61 Å². The minimum Gasteiger partial charge on any atom is -0.492 e. The summed E-state index contributed by atoms with van der Waals surface area (Å²) >= 11 is 1.04. The van der Waals surface area contributed by atoms with Crippen molar-refractivity contribution in [2.75, 3.05) is 6.61 Å². The lowest BCUT2D eigenvalue weighted by atomic mass is 9.97. The van der Waals surface area contributed by atoms with Crippen LogP contribution < -0.4 is 14.8 Å². The Kier molecular flexibility index (Phi) is 3.90. The van der Waals surface area contributed by atoms with E-state index < -0.39 is 5.25 Å². The van der Waals surface area contributed by atoms with Crippen molar-refractivity contribution in [2.45, 2.75) is 17.8 Å². The van der Waals surface area contributed by atoms with Crippen molar-refractivity contribution in [1.82, 2.24) is 5.32 Å². The molecule has 1 fully saturated rings. The predicted octanol–water partition coefficient (Wildman–Crippen LogP) is 3.09. The van der Waals surface area contributed by atoms with Gasteiger partial charge < -0.3 is 9.47 Å². The quantitative estimate of drug-likeness (QED) is 0.926. The maximum absolute atomic E-state index is 11.9. The van der Waals surface area contributed by atoms with Gasteiger partial charge in [-0.25, -0.2) is 0 Å². The van der Waals surface area contributed by atoms with Gasteiger partial charge in [0.15, 0.2) is 0 Å². The molecule has 2 aliphatic rings. The Balaban J connectivity index is 1.48. The number of rotatable bonds is 4. The molecule has 0 radical (unpaired) electrons. The van der Waals surface area contributed by atoms with E-state index in [1.54, 1.807) is 0 Å². The lowest BCUT2D eigenvalue weighted by molar-refractivity contribution is -0.119. The summed E-state index contributed by atoms with van der Waals surface area (Å²) in [5.74, 6) is 1.09. The van der Waals surface area contributed by atoms with E-state index in [1.165, 1.54) is 0 Å². The molecule has 6 heteroatoms. The largest absolute Gasteiger partial charge is 0.492 e. The Labute approximate surface area is 143 Å². The summed E-state index contributed by atoms with van der Waals surface area (Å²) in [5, 5.41) is 1.62. The minimum atomic E-state index is -0.421. The number of benzene rings is 2. The number of nitrogens with one attached hydrogen (secondary N) is 1. The highest BCUT2D eigenvalue weighted by atomic mass is 32.2. The summed E-state index contributed by atoms with van der Waals surface area (Å²) in [6.07, 6.45) is 0. The lowest BCUT2D eigenvalue weighted by Crippen LogP contribution is -2.29. The van der Waals surface area contributed by atoms with Crippen molar-refractivity contribution in [3.63, 3.8) is 0 Å². The molecule has 2 aromatic carbocycles. The summed E-state index contributed by atoms with van der Waals surface area (Å²) in [6, 6.07) is 15.6. The average Bonchev–Trinajstić information content (AvgIpc) is 3.15. The SMILES string of the molecule is O=C1NC(=O)C(C2COc3cc(OCc4ccccc4)ccc32)S1. The second-order valence-corrected chi connectivity index (χ2v) is 6.82. The Morgan fingerprint density at radius 1 is 1.17 bits per heavy atom. The van der Waals surface area contributed by atoms with Gasteiger partial charge in [-0.2, -0.15) is 0 Å². The molecule has 0 saturated carbocycles. The maximum atomic E-state index is 11.9. The second-order valence-electron chi connectivity index (χ2n) is 5.71. The van der Waals surface area contributed by atoms with Crippen molar-refractivity contribution < 1.29 is 19.1 Å². The normalized spacial score (nSPS) is 22.0. The molecule has 4 rings (SSSR count). The molecule has 0 aliphatic carbocycles. The highest BCUT2D eigenvalue weighted by molar-refractivity contribution is 8.15. The Morgan fingerprint density at radius 3 is 2.75 bits per heavy atom. The topological polar surface area (TPSA) is 64.6 Å². The van der Waals surface area contributed by atoms with Crippen LogP contribution in [0.4, 0.5) is 4.79 Å². The highest BCUT2D eigenvalue weighted by Crippen LogP contribution is 2.43. The first kappa shape index (κ1) is 15.1. The van der Waals surface area contributed by atoms with E-state index in [1.807, 2.05) is 48.5 Å². The minimum absolute atomic E-state index is 0.111. The first-order valence-electron chi connectivity index (χ1n) is 7.65. The van der Waals surface area contributed by atoms with E-state index in [0.29, 0.717) is 13.2 Å². The average molecular weight is 341 g/mol. The van der Waals surface area contributed by atoms with E-state index in [2.05, 4.69) is 5.32 Å². The van der Waals surface area contributed by atoms with Crippen LogP contribution in [-0.4, -0.2) is 23.0 Å². The molecule has 2 heterocycles. The molecule has 2 amide bonds. The van der Waals surface area contributed by atoms with E-state index in [9.17, 15) is 9.59 Å². The third-order valence-corrected chi connectivity index (χ3v) is 5.25. The number of carbonyl (C=O) groups is 2. The smallest absolute Gasteiger partial charge is 0.286 e. The standard InChI is InChI=1S/C18H15NO4S/c20-17-16(24-18(21)19-17)14-10-23-15-8-12(6-7-13(14)15)22-9-11-4-2-1-3-5-11/h1-8,14,16H,9-10H2,(H,19,20,21). The molecule has 122 valence electrons. The molecule has 1 N–H and O–H groups in total. The fourth-order valence-corrected chi connectivity index (χ4v) is 3.88. The summed E-state index contributed by atoms with van der Waals surface area (Å²) in [5.41, 5.74) is 2.04. The monoisotopic (exact) mass is 341 g/mol. The zero-order chi connectivity index (χ0) is 16.5. The number of carbonyl (C=O) groups excluding carboxylic acids is 2. The van der Waals surface area contributed by atoms with Crippen LogP contribution in [0.2, 0.25) is 0 Å². The molecule has 2 atom stereocenters. The summed E-state index contributed by atoms with van der Waals surface area (Å²) in [7, 11) is 0. The van der Waals surface area contributed by atoms with Crippen LogP contribution in [0.5, 0.6) is 11.5 Å². The first-order chi connectivity index (χ1) is 11.7. The van der Waals surface area contributed by atoms with E-state index in [0.717, 1.165) is 34.4 Å². The molecule has 0 bridgehead atoms. The van der Waals surface area contributed by atoms with Gasteiger partial charge in [-0.05, 0) is 11.6 Å². The van der Waals surface area contributed by atoms with E-state index in [4.69, 9.17) is 9.47 Å². The summed E-state index contributed by atoms with van der Waals surface area (Å²) in [4.78, 5) is 23.3. The zero-order valence-electron chi connectivity index (χ0n) is 12.7. The number of ether oxygens (including phenoxy) is 2. The van der Waals surface area contributed by atoms with Gasteiger partial charge in [-0.1, -0.05) is 48.2 Å². The molecule has 2 unspecified atom stereocenters. The van der Waals surface area contributed by atoms with Gasteiger partial charge in [0, 0.05) is 17.5 Å². The third kappa shape index (κ3) is 2.85. The number of thioether (sulfide) groups is 1. The number of amides is 2. The van der Waals surface area contributed by atoms with Gasteiger partial charge in [-0.15, -0.1) is 0 Å². The van der Waals surface area contributed by atoms with Crippen LogP contribution in [0.3, 0.4) is 0 Å². The third-order valence-electron chi connectivity index (χ3n) is 4.13. The van der Waals surface area contributed by atoms with Crippen molar-refractivity contribution >= 4 is 22.9 Å². The summed E-state index contributed by atoms with van der Waals surface area (Å²) in [6.45, 7) is 0.883. The second kappa shape index (κ2) is 6.20. The number of hydrogen-bond donors (Lipinski definition) is 1. The highest BCUT2D eigenvalue weighted by Gasteiger charge is 2.42. The number of imide groups is 1. The van der Waals surface area contributed by atoms with Gasteiger partial charge in [-0.3, -0.25) is 14.9 Å². The fourth-order valence-electron chi connectivity index (χ4n) is 2.93. The molecule has 2 aromatic rings. The molecule has 0 spiro atoms. The maximum Gasteiger partial charge on any atom is 0.286 e. The molecular weight excluding hydrogens is 326 g/mol.